The van der Waals surface area contributed by atoms with Crippen molar-refractivity contribution in [2.24, 2.45) is 0 Å². The number of carbonyl (C=O) groups is 1. The molecule has 30 heavy (non-hydrogen) atoms. The summed E-state index contributed by atoms with van der Waals surface area (Å²) in [5.74, 6) is 2.56. The van der Waals surface area contributed by atoms with Crippen molar-refractivity contribution < 1.29 is 4.79 Å². The Morgan fingerprint density at radius 2 is 1.80 bits per heavy atom. The van der Waals surface area contributed by atoms with Crippen LogP contribution in [0.4, 0.5) is 11.6 Å². The SMILES string of the molecule is CCNc1cc(N2CCN(C(=O)c3sc(-c4ccccc4)nc3C)CC2)nc(C)n1. The van der Waals surface area contributed by atoms with Crippen molar-refractivity contribution in [3.8, 4) is 10.6 Å². The molecule has 1 N–H and O–H groups in total. The van der Waals surface area contributed by atoms with Crippen LogP contribution in [0.15, 0.2) is 36.4 Å². The van der Waals surface area contributed by atoms with Crippen LogP contribution in [0.1, 0.15) is 28.1 Å². The molecule has 0 atom stereocenters. The number of anilines is 2. The van der Waals surface area contributed by atoms with Crippen molar-refractivity contribution in [2.45, 2.75) is 20.8 Å². The normalized spacial score (nSPS) is 14.1. The molecule has 0 bridgehead atoms. The van der Waals surface area contributed by atoms with Crippen LogP contribution in [0.5, 0.6) is 0 Å². The summed E-state index contributed by atoms with van der Waals surface area (Å²) < 4.78 is 0. The third-order valence-electron chi connectivity index (χ3n) is 5.08. The molecule has 0 saturated carbocycles. The van der Waals surface area contributed by atoms with E-state index in [0.29, 0.717) is 13.1 Å². The predicted molar refractivity (Wildman–Crippen MR) is 121 cm³/mol. The summed E-state index contributed by atoms with van der Waals surface area (Å²) in [7, 11) is 0. The zero-order valence-corrected chi connectivity index (χ0v) is 18.4. The second-order valence-electron chi connectivity index (χ2n) is 7.27. The van der Waals surface area contributed by atoms with E-state index < -0.39 is 0 Å². The van der Waals surface area contributed by atoms with Crippen LogP contribution in [-0.2, 0) is 0 Å². The molecule has 3 heterocycles. The van der Waals surface area contributed by atoms with Crippen molar-refractivity contribution in [1.29, 1.82) is 0 Å². The molecule has 8 heteroatoms. The average molecular weight is 423 g/mol. The van der Waals surface area contributed by atoms with Gasteiger partial charge in [-0.2, -0.15) is 0 Å². The van der Waals surface area contributed by atoms with Crippen LogP contribution in [0.25, 0.3) is 10.6 Å². The highest BCUT2D eigenvalue weighted by Gasteiger charge is 2.26. The summed E-state index contributed by atoms with van der Waals surface area (Å²) in [5, 5.41) is 4.14. The number of carbonyl (C=O) groups excluding carboxylic acids is 1. The summed E-state index contributed by atoms with van der Waals surface area (Å²) >= 11 is 1.48. The molecule has 1 saturated heterocycles. The van der Waals surface area contributed by atoms with Gasteiger partial charge in [0.1, 0.15) is 27.3 Å². The third kappa shape index (κ3) is 4.28. The molecule has 1 aliphatic heterocycles. The number of hydrogen-bond acceptors (Lipinski definition) is 7. The first-order chi connectivity index (χ1) is 14.5. The van der Waals surface area contributed by atoms with Gasteiger partial charge >= 0.3 is 0 Å². The number of rotatable bonds is 5. The van der Waals surface area contributed by atoms with Crippen LogP contribution >= 0.6 is 11.3 Å². The molecule has 1 aliphatic rings. The summed E-state index contributed by atoms with van der Waals surface area (Å²) in [6.45, 7) is 9.50. The maximum absolute atomic E-state index is 13.1. The van der Waals surface area contributed by atoms with Crippen molar-refractivity contribution >= 4 is 28.9 Å². The molecule has 1 amide bonds. The minimum atomic E-state index is 0.0686. The van der Waals surface area contributed by atoms with Gasteiger partial charge in [0.15, 0.2) is 0 Å². The molecule has 156 valence electrons. The van der Waals surface area contributed by atoms with Crippen LogP contribution in [0.2, 0.25) is 0 Å². The molecular weight excluding hydrogens is 396 g/mol. The molecule has 4 rings (SSSR count). The van der Waals surface area contributed by atoms with Gasteiger partial charge in [0.2, 0.25) is 0 Å². The zero-order chi connectivity index (χ0) is 21.1. The van der Waals surface area contributed by atoms with Gasteiger partial charge in [-0.15, -0.1) is 11.3 Å². The highest BCUT2D eigenvalue weighted by Crippen LogP contribution is 2.29. The number of thiazole rings is 1. The van der Waals surface area contributed by atoms with E-state index in [1.807, 2.05) is 62.1 Å². The van der Waals surface area contributed by atoms with Gasteiger partial charge in [0.05, 0.1) is 5.69 Å². The lowest BCUT2D eigenvalue weighted by atomic mass is 10.2. The van der Waals surface area contributed by atoms with Gasteiger partial charge in [-0.25, -0.2) is 15.0 Å². The number of piperazine rings is 1. The summed E-state index contributed by atoms with van der Waals surface area (Å²) in [6.07, 6.45) is 0. The number of amides is 1. The molecule has 7 nitrogen and oxygen atoms in total. The maximum Gasteiger partial charge on any atom is 0.265 e. The van der Waals surface area contributed by atoms with Crippen molar-refractivity contribution in [3.63, 3.8) is 0 Å². The minimum Gasteiger partial charge on any atom is -0.370 e. The molecule has 1 aromatic carbocycles. The smallest absolute Gasteiger partial charge is 0.265 e. The zero-order valence-electron chi connectivity index (χ0n) is 17.6. The lowest BCUT2D eigenvalue weighted by Crippen LogP contribution is -2.49. The fraction of sp³-hybridized carbons (Fsp3) is 0.364. The van der Waals surface area contributed by atoms with Crippen LogP contribution in [0, 0.1) is 13.8 Å². The first kappa shape index (κ1) is 20.3. The Bertz CT molecular complexity index is 1030. The second-order valence-corrected chi connectivity index (χ2v) is 8.27. The third-order valence-corrected chi connectivity index (χ3v) is 6.28. The summed E-state index contributed by atoms with van der Waals surface area (Å²) in [6, 6.07) is 12.0. The highest BCUT2D eigenvalue weighted by molar-refractivity contribution is 7.17. The van der Waals surface area contributed by atoms with Crippen LogP contribution in [-0.4, -0.2) is 58.5 Å². The van der Waals surface area contributed by atoms with Crippen molar-refractivity contribution in [2.75, 3.05) is 42.9 Å². The molecule has 0 aliphatic carbocycles. The van der Waals surface area contributed by atoms with E-state index in [1.54, 1.807) is 0 Å². The Labute approximate surface area is 180 Å². The van der Waals surface area contributed by atoms with E-state index in [9.17, 15) is 4.79 Å². The van der Waals surface area contributed by atoms with Gasteiger partial charge in [0.25, 0.3) is 5.91 Å². The number of nitrogens with zero attached hydrogens (tertiary/aromatic N) is 5. The lowest BCUT2D eigenvalue weighted by molar-refractivity contribution is 0.0750. The van der Waals surface area contributed by atoms with Crippen molar-refractivity contribution in [3.05, 3.63) is 52.8 Å². The quantitative estimate of drug-likeness (QED) is 0.677. The highest BCUT2D eigenvalue weighted by atomic mass is 32.1. The predicted octanol–water partition coefficient (Wildman–Crippen LogP) is 3.61. The Morgan fingerprint density at radius 3 is 2.50 bits per heavy atom. The molecular formula is C22H26N6OS. The molecule has 2 aromatic heterocycles. The van der Waals surface area contributed by atoms with Gasteiger partial charge in [-0.05, 0) is 20.8 Å². The molecule has 3 aromatic rings. The average Bonchev–Trinajstić information content (AvgIpc) is 3.15. The maximum atomic E-state index is 13.1. The Balaban J connectivity index is 1.45. The van der Waals surface area contributed by atoms with Crippen LogP contribution < -0.4 is 10.2 Å². The van der Waals surface area contributed by atoms with E-state index in [4.69, 9.17) is 0 Å². The number of aryl methyl sites for hydroxylation is 2. The molecule has 0 radical (unpaired) electrons. The van der Waals surface area contributed by atoms with Gasteiger partial charge in [0, 0.05) is 44.4 Å². The number of nitrogens with one attached hydrogen (secondary N) is 1. The Morgan fingerprint density at radius 1 is 1.07 bits per heavy atom. The fourth-order valence-corrected chi connectivity index (χ4v) is 4.61. The van der Waals surface area contributed by atoms with E-state index in [1.165, 1.54) is 11.3 Å². The van der Waals surface area contributed by atoms with E-state index in [-0.39, 0.29) is 5.91 Å². The van der Waals surface area contributed by atoms with E-state index in [2.05, 4.69) is 25.2 Å². The first-order valence-electron chi connectivity index (χ1n) is 10.2. The van der Waals surface area contributed by atoms with E-state index in [0.717, 1.165) is 58.2 Å². The lowest BCUT2D eigenvalue weighted by Gasteiger charge is -2.35. The van der Waals surface area contributed by atoms with Gasteiger partial charge < -0.3 is 15.1 Å². The van der Waals surface area contributed by atoms with Gasteiger partial charge in [-0.1, -0.05) is 30.3 Å². The van der Waals surface area contributed by atoms with E-state index >= 15 is 0 Å². The Kier molecular flexibility index (Phi) is 5.94. The van der Waals surface area contributed by atoms with Gasteiger partial charge in [-0.3, -0.25) is 4.79 Å². The summed E-state index contributed by atoms with van der Waals surface area (Å²) in [5.41, 5.74) is 1.85. The Hall–Kier alpha value is -3.00. The second kappa shape index (κ2) is 8.79. The topological polar surface area (TPSA) is 74.2 Å². The monoisotopic (exact) mass is 422 g/mol. The molecule has 1 fully saturated rings. The summed E-state index contributed by atoms with van der Waals surface area (Å²) in [4.78, 5) is 31.6. The molecule has 0 unspecified atom stereocenters. The van der Waals surface area contributed by atoms with Crippen LogP contribution in [0.3, 0.4) is 0 Å². The fourth-order valence-electron chi connectivity index (χ4n) is 3.57. The molecule has 0 spiro atoms. The van der Waals surface area contributed by atoms with Crippen molar-refractivity contribution in [1.82, 2.24) is 19.9 Å². The largest absolute Gasteiger partial charge is 0.370 e. The minimum absolute atomic E-state index is 0.0686. The number of benzene rings is 1. The first-order valence-corrected chi connectivity index (χ1v) is 11.0. The number of hydrogen-bond donors (Lipinski definition) is 1. The number of aromatic nitrogens is 3. The standard InChI is InChI=1S/C22H26N6OS/c1-4-23-18-14-19(26-16(3)25-18)27-10-12-28(13-11-27)22(29)20-15(2)24-21(30-20)17-8-6-5-7-9-17/h5-9,14H,4,10-13H2,1-3H3,(H,23,25,26).